The number of hydrogen-bond donors (Lipinski definition) is 0. The van der Waals surface area contributed by atoms with E-state index in [1.807, 2.05) is 13.0 Å². The second-order valence-corrected chi connectivity index (χ2v) is 8.28. The summed E-state index contributed by atoms with van der Waals surface area (Å²) in [6.45, 7) is 2.02. The Balaban J connectivity index is 1.65. The van der Waals surface area contributed by atoms with Gasteiger partial charge in [-0.15, -0.1) is 0 Å². The van der Waals surface area contributed by atoms with Gasteiger partial charge in [-0.1, -0.05) is 12.5 Å². The van der Waals surface area contributed by atoms with Crippen LogP contribution in [0.25, 0.3) is 0 Å². The molecular formula is C19H25FO2. The summed E-state index contributed by atoms with van der Waals surface area (Å²) in [6, 6.07) is 0. The number of allylic oxidation sites excluding steroid dienone is 1. The monoisotopic (exact) mass is 304 g/mol. The van der Waals surface area contributed by atoms with Gasteiger partial charge in [-0.25, -0.2) is 4.39 Å². The maximum atomic E-state index is 15.1. The molecule has 3 saturated carbocycles. The molecule has 2 nitrogen and oxygen atoms in total. The number of fused-ring (bicyclic) bond motifs is 5. The number of ketones is 1. The van der Waals surface area contributed by atoms with Crippen LogP contribution < -0.4 is 0 Å². The van der Waals surface area contributed by atoms with Crippen LogP contribution in [-0.4, -0.2) is 17.7 Å². The summed E-state index contributed by atoms with van der Waals surface area (Å²) in [5.74, 6) is 2.34. The first-order chi connectivity index (χ1) is 10.5. The fourth-order valence-electron chi connectivity index (χ4n) is 6.39. The molecule has 3 heteroatoms. The lowest BCUT2D eigenvalue weighted by atomic mass is 9.51. The largest absolute Gasteiger partial charge is 0.300 e. The Kier molecular flexibility index (Phi) is 3.15. The molecule has 0 radical (unpaired) electrons. The Labute approximate surface area is 131 Å². The molecule has 4 unspecified atom stereocenters. The van der Waals surface area contributed by atoms with Crippen LogP contribution in [0, 0.1) is 29.1 Å². The van der Waals surface area contributed by atoms with E-state index in [1.54, 1.807) is 0 Å². The number of carbonyl (C=O) groups is 2. The fraction of sp³-hybridized carbons (Fsp3) is 0.789. The van der Waals surface area contributed by atoms with Crippen LogP contribution in [-0.2, 0) is 9.59 Å². The SMILES string of the molecule is C[C@]12CCC3C4CCC(=O)C=C4CCC3C1CC[C@]2(F)C=O. The van der Waals surface area contributed by atoms with Crippen LogP contribution in [0.1, 0.15) is 58.3 Å². The van der Waals surface area contributed by atoms with E-state index in [1.165, 1.54) is 5.57 Å². The second kappa shape index (κ2) is 4.75. The number of alkyl halides is 1. The predicted octanol–water partition coefficient (Wildman–Crippen LogP) is 4.04. The Morgan fingerprint density at radius 3 is 2.73 bits per heavy atom. The highest BCUT2D eigenvalue weighted by molar-refractivity contribution is 5.91. The van der Waals surface area contributed by atoms with Crippen molar-refractivity contribution in [2.45, 2.75) is 64.0 Å². The predicted molar refractivity (Wildman–Crippen MR) is 82.0 cm³/mol. The van der Waals surface area contributed by atoms with Crippen LogP contribution in [0.15, 0.2) is 11.6 Å². The molecule has 6 atom stereocenters. The quantitative estimate of drug-likeness (QED) is 0.685. The van der Waals surface area contributed by atoms with Gasteiger partial charge in [0.15, 0.2) is 17.7 Å². The highest BCUT2D eigenvalue weighted by Gasteiger charge is 2.63. The third kappa shape index (κ3) is 1.77. The topological polar surface area (TPSA) is 34.1 Å². The lowest BCUT2D eigenvalue weighted by Gasteiger charge is -2.54. The molecule has 0 N–H and O–H groups in total. The Hall–Kier alpha value is -0.990. The standard InChI is InChI=1S/C19H25FO2/c1-18-8-6-15-14-5-3-13(22)10-12(14)2-4-16(15)17(18)7-9-19(18,20)11-21/h10-11,14-17H,2-9H2,1H3/t14?,15?,16?,17?,18-,19-/m0/s1. The van der Waals surface area contributed by atoms with Gasteiger partial charge >= 0.3 is 0 Å². The number of aldehydes is 1. The van der Waals surface area contributed by atoms with Crippen molar-refractivity contribution in [2.24, 2.45) is 29.1 Å². The second-order valence-electron chi connectivity index (χ2n) is 8.28. The van der Waals surface area contributed by atoms with Gasteiger partial charge in [0.1, 0.15) is 0 Å². The summed E-state index contributed by atoms with van der Waals surface area (Å²) in [4.78, 5) is 23.1. The first-order valence-electron chi connectivity index (χ1n) is 8.87. The van der Waals surface area contributed by atoms with Crippen LogP contribution >= 0.6 is 0 Å². The van der Waals surface area contributed by atoms with E-state index in [-0.39, 0.29) is 5.78 Å². The summed E-state index contributed by atoms with van der Waals surface area (Å²) < 4.78 is 15.1. The normalized spacial score (nSPS) is 50.6. The number of rotatable bonds is 1. The zero-order valence-electron chi connectivity index (χ0n) is 13.3. The molecule has 0 aromatic carbocycles. The molecule has 0 amide bonds. The molecule has 0 aromatic heterocycles. The Bertz CT molecular complexity index is 554. The summed E-state index contributed by atoms with van der Waals surface area (Å²) in [7, 11) is 0. The highest BCUT2D eigenvalue weighted by atomic mass is 19.1. The van der Waals surface area contributed by atoms with E-state index in [4.69, 9.17) is 0 Å². The molecule has 3 fully saturated rings. The molecule has 4 aliphatic carbocycles. The van der Waals surface area contributed by atoms with E-state index in [0.29, 0.717) is 42.8 Å². The number of hydrogen-bond acceptors (Lipinski definition) is 2. The van der Waals surface area contributed by atoms with Crippen molar-refractivity contribution in [2.75, 3.05) is 0 Å². The highest BCUT2D eigenvalue weighted by Crippen LogP contribution is 2.65. The minimum atomic E-state index is -1.61. The Morgan fingerprint density at radius 2 is 1.95 bits per heavy atom. The third-order valence-electron chi connectivity index (χ3n) is 7.65. The van der Waals surface area contributed by atoms with Crippen molar-refractivity contribution in [1.82, 2.24) is 0 Å². The average molecular weight is 304 g/mol. The first-order valence-corrected chi connectivity index (χ1v) is 8.87. The van der Waals surface area contributed by atoms with Crippen molar-refractivity contribution in [1.29, 1.82) is 0 Å². The molecule has 0 saturated heterocycles. The van der Waals surface area contributed by atoms with E-state index in [9.17, 15) is 9.59 Å². The van der Waals surface area contributed by atoms with Crippen molar-refractivity contribution in [3.63, 3.8) is 0 Å². The minimum Gasteiger partial charge on any atom is -0.300 e. The maximum absolute atomic E-state index is 15.1. The van der Waals surface area contributed by atoms with Crippen LogP contribution in [0.4, 0.5) is 4.39 Å². The van der Waals surface area contributed by atoms with Gasteiger partial charge in [0.05, 0.1) is 0 Å². The molecule has 4 rings (SSSR count). The maximum Gasteiger partial charge on any atom is 0.171 e. The van der Waals surface area contributed by atoms with E-state index in [0.717, 1.165) is 38.5 Å². The van der Waals surface area contributed by atoms with Gasteiger partial charge in [0.2, 0.25) is 0 Å². The molecule has 0 aliphatic heterocycles. The molecule has 120 valence electrons. The summed E-state index contributed by atoms with van der Waals surface area (Å²) >= 11 is 0. The zero-order valence-corrected chi connectivity index (χ0v) is 13.3. The van der Waals surface area contributed by atoms with Crippen molar-refractivity contribution in [3.8, 4) is 0 Å². The zero-order chi connectivity index (χ0) is 15.5. The van der Waals surface area contributed by atoms with Crippen LogP contribution in [0.5, 0.6) is 0 Å². The molecule has 22 heavy (non-hydrogen) atoms. The van der Waals surface area contributed by atoms with E-state index >= 15 is 4.39 Å². The summed E-state index contributed by atoms with van der Waals surface area (Å²) in [5.41, 5.74) is -0.705. The molecule has 0 heterocycles. The van der Waals surface area contributed by atoms with E-state index < -0.39 is 11.1 Å². The molecule has 0 aromatic rings. The van der Waals surface area contributed by atoms with Gasteiger partial charge in [-0.3, -0.25) is 9.59 Å². The van der Waals surface area contributed by atoms with Gasteiger partial charge < -0.3 is 0 Å². The summed E-state index contributed by atoms with van der Waals surface area (Å²) in [6.07, 6.45) is 9.37. The van der Waals surface area contributed by atoms with Gasteiger partial charge in [0, 0.05) is 11.8 Å². The first kappa shape index (κ1) is 14.6. The fourth-order valence-corrected chi connectivity index (χ4v) is 6.39. The van der Waals surface area contributed by atoms with Crippen LogP contribution in [0.2, 0.25) is 0 Å². The van der Waals surface area contributed by atoms with Gasteiger partial charge in [0.25, 0.3) is 0 Å². The van der Waals surface area contributed by atoms with Gasteiger partial charge in [-0.2, -0.15) is 0 Å². The smallest absolute Gasteiger partial charge is 0.171 e. The molecule has 0 spiro atoms. The van der Waals surface area contributed by atoms with Crippen molar-refractivity contribution in [3.05, 3.63) is 11.6 Å². The van der Waals surface area contributed by atoms with E-state index in [2.05, 4.69) is 0 Å². The molecular weight excluding hydrogens is 279 g/mol. The molecule has 4 aliphatic rings. The average Bonchev–Trinajstić information content (AvgIpc) is 2.79. The minimum absolute atomic E-state index is 0.287. The van der Waals surface area contributed by atoms with Crippen molar-refractivity contribution >= 4 is 12.1 Å². The number of carbonyl (C=O) groups excluding carboxylic acids is 2. The lowest BCUT2D eigenvalue weighted by Crippen LogP contribution is -2.51. The summed E-state index contributed by atoms with van der Waals surface area (Å²) in [5, 5.41) is 0. The van der Waals surface area contributed by atoms with Gasteiger partial charge in [-0.05, 0) is 74.7 Å². The third-order valence-corrected chi connectivity index (χ3v) is 7.65. The molecule has 0 bridgehead atoms. The number of halogens is 1. The lowest BCUT2D eigenvalue weighted by molar-refractivity contribution is -0.132. The Morgan fingerprint density at radius 1 is 1.14 bits per heavy atom. The van der Waals surface area contributed by atoms with Crippen molar-refractivity contribution < 1.29 is 14.0 Å². The van der Waals surface area contributed by atoms with Crippen LogP contribution in [0.3, 0.4) is 0 Å².